The van der Waals surface area contributed by atoms with E-state index in [1.807, 2.05) is 0 Å². The molecule has 1 amide bonds. The van der Waals surface area contributed by atoms with Crippen molar-refractivity contribution in [2.24, 2.45) is 5.92 Å². The first-order valence-electron chi connectivity index (χ1n) is 7.39. The molecule has 1 aromatic rings. The molecule has 0 heterocycles. The fraction of sp³-hybridized carbons (Fsp3) is 0.562. The van der Waals surface area contributed by atoms with Gasteiger partial charge in [0.2, 0.25) is 0 Å². The van der Waals surface area contributed by atoms with E-state index in [-0.39, 0.29) is 17.0 Å². The van der Waals surface area contributed by atoms with Gasteiger partial charge in [-0.05, 0) is 37.8 Å². The molecule has 0 radical (unpaired) electrons. The lowest BCUT2D eigenvalue weighted by Gasteiger charge is -2.30. The lowest BCUT2D eigenvalue weighted by atomic mass is 9.86. The van der Waals surface area contributed by atoms with Gasteiger partial charge in [0, 0.05) is 12.1 Å². The highest BCUT2D eigenvalue weighted by molar-refractivity contribution is 6.30. The number of carbonyl (C=O) groups is 1. The highest BCUT2D eigenvalue weighted by Crippen LogP contribution is 2.24. The number of rotatable bonds is 4. The molecule has 0 unspecified atom stereocenters. The molecule has 2 rings (SSSR count). The van der Waals surface area contributed by atoms with Gasteiger partial charge in [-0.2, -0.15) is 0 Å². The monoisotopic (exact) mass is 313 g/mol. The van der Waals surface area contributed by atoms with Crippen molar-refractivity contribution in [3.63, 3.8) is 0 Å². The van der Waals surface area contributed by atoms with Gasteiger partial charge in [-0.15, -0.1) is 0 Å². The summed E-state index contributed by atoms with van der Waals surface area (Å²) in [5, 5.41) is 3.03. The standard InChI is InChI=1S/C16H21ClFNO2/c1-10-5-3-4-6-15(10)19-16(20)11(2)21-12-7-8-14(18)13(17)9-12/h7-11,15H,3-6H2,1-2H3,(H,19,20)/t10-,11-,15+/m1/s1. The van der Waals surface area contributed by atoms with Crippen molar-refractivity contribution in [3.8, 4) is 5.75 Å². The van der Waals surface area contributed by atoms with Crippen LogP contribution in [0.25, 0.3) is 0 Å². The molecule has 1 aliphatic carbocycles. The maximum Gasteiger partial charge on any atom is 0.261 e. The molecule has 1 aliphatic rings. The Balaban J connectivity index is 1.91. The van der Waals surface area contributed by atoms with E-state index in [0.29, 0.717) is 11.7 Å². The summed E-state index contributed by atoms with van der Waals surface area (Å²) in [6.07, 6.45) is 3.90. The Morgan fingerprint density at radius 2 is 2.14 bits per heavy atom. The Labute approximate surface area is 129 Å². The lowest BCUT2D eigenvalue weighted by molar-refractivity contribution is -0.128. The number of carbonyl (C=O) groups excluding carboxylic acids is 1. The van der Waals surface area contributed by atoms with Crippen LogP contribution in [0.3, 0.4) is 0 Å². The number of hydrogen-bond donors (Lipinski definition) is 1. The average molecular weight is 314 g/mol. The van der Waals surface area contributed by atoms with Crippen LogP contribution >= 0.6 is 11.6 Å². The molecule has 1 fully saturated rings. The highest BCUT2D eigenvalue weighted by Gasteiger charge is 2.25. The van der Waals surface area contributed by atoms with Crippen LogP contribution in [-0.4, -0.2) is 18.1 Å². The number of hydrogen-bond acceptors (Lipinski definition) is 2. The molecule has 3 atom stereocenters. The minimum Gasteiger partial charge on any atom is -0.481 e. The summed E-state index contributed by atoms with van der Waals surface area (Å²) >= 11 is 5.70. The molecule has 116 valence electrons. The molecule has 0 spiro atoms. The molecule has 0 bridgehead atoms. The van der Waals surface area contributed by atoms with E-state index in [1.165, 1.54) is 24.6 Å². The van der Waals surface area contributed by atoms with Gasteiger partial charge in [-0.1, -0.05) is 31.4 Å². The van der Waals surface area contributed by atoms with Crippen LogP contribution in [0.4, 0.5) is 4.39 Å². The summed E-state index contributed by atoms with van der Waals surface area (Å²) < 4.78 is 18.6. The van der Waals surface area contributed by atoms with E-state index < -0.39 is 11.9 Å². The van der Waals surface area contributed by atoms with Gasteiger partial charge in [-0.3, -0.25) is 4.79 Å². The van der Waals surface area contributed by atoms with E-state index in [2.05, 4.69) is 12.2 Å². The predicted molar refractivity (Wildman–Crippen MR) is 81.1 cm³/mol. The minimum absolute atomic E-state index is 0.0130. The van der Waals surface area contributed by atoms with Crippen molar-refractivity contribution in [3.05, 3.63) is 29.0 Å². The molecule has 0 aromatic heterocycles. The van der Waals surface area contributed by atoms with Crippen LogP contribution in [-0.2, 0) is 4.79 Å². The first-order chi connectivity index (χ1) is 9.97. The predicted octanol–water partition coefficient (Wildman–Crippen LogP) is 3.94. The smallest absolute Gasteiger partial charge is 0.261 e. The summed E-state index contributed by atoms with van der Waals surface area (Å²) in [7, 11) is 0. The number of halogens is 2. The van der Waals surface area contributed by atoms with Crippen LogP contribution in [0.5, 0.6) is 5.75 Å². The molecule has 3 nitrogen and oxygen atoms in total. The van der Waals surface area contributed by atoms with Crippen molar-refractivity contribution in [1.29, 1.82) is 0 Å². The molecule has 1 saturated carbocycles. The van der Waals surface area contributed by atoms with Gasteiger partial charge in [0.1, 0.15) is 11.6 Å². The van der Waals surface area contributed by atoms with E-state index in [4.69, 9.17) is 16.3 Å². The second-order valence-electron chi connectivity index (χ2n) is 5.71. The van der Waals surface area contributed by atoms with Crippen molar-refractivity contribution >= 4 is 17.5 Å². The van der Waals surface area contributed by atoms with Crippen molar-refractivity contribution < 1.29 is 13.9 Å². The average Bonchev–Trinajstić information content (AvgIpc) is 2.45. The summed E-state index contributed by atoms with van der Waals surface area (Å²) in [6, 6.07) is 4.29. The first-order valence-corrected chi connectivity index (χ1v) is 7.77. The fourth-order valence-electron chi connectivity index (χ4n) is 2.64. The van der Waals surface area contributed by atoms with E-state index in [9.17, 15) is 9.18 Å². The third-order valence-electron chi connectivity index (χ3n) is 4.01. The largest absolute Gasteiger partial charge is 0.481 e. The highest BCUT2D eigenvalue weighted by atomic mass is 35.5. The normalized spacial score (nSPS) is 23.4. The molecular formula is C16H21ClFNO2. The van der Waals surface area contributed by atoms with E-state index in [1.54, 1.807) is 6.92 Å². The SMILES string of the molecule is C[C@@H]1CCCC[C@@H]1NC(=O)[C@@H](C)Oc1ccc(F)c(Cl)c1. The maximum absolute atomic E-state index is 13.1. The third-order valence-corrected chi connectivity index (χ3v) is 4.30. The van der Waals surface area contributed by atoms with E-state index >= 15 is 0 Å². The summed E-state index contributed by atoms with van der Waals surface area (Å²) in [5.41, 5.74) is 0. The van der Waals surface area contributed by atoms with Crippen molar-refractivity contribution in [2.45, 2.75) is 51.7 Å². The zero-order valence-electron chi connectivity index (χ0n) is 12.4. The van der Waals surface area contributed by atoms with Crippen molar-refractivity contribution in [2.75, 3.05) is 0 Å². The molecule has 1 N–H and O–H groups in total. The van der Waals surface area contributed by atoms with Gasteiger partial charge in [0.15, 0.2) is 6.10 Å². The Kier molecular flexibility index (Phi) is 5.45. The molecule has 21 heavy (non-hydrogen) atoms. The quantitative estimate of drug-likeness (QED) is 0.914. The van der Waals surface area contributed by atoms with Crippen LogP contribution in [0, 0.1) is 11.7 Å². The van der Waals surface area contributed by atoms with Crippen molar-refractivity contribution in [1.82, 2.24) is 5.32 Å². The van der Waals surface area contributed by atoms with Crippen LogP contribution in [0.1, 0.15) is 39.5 Å². The molecule has 1 aromatic carbocycles. The second kappa shape index (κ2) is 7.12. The lowest BCUT2D eigenvalue weighted by Crippen LogP contribution is -2.46. The van der Waals surface area contributed by atoms with Crippen LogP contribution in [0.15, 0.2) is 18.2 Å². The summed E-state index contributed by atoms with van der Waals surface area (Å²) in [4.78, 5) is 12.2. The van der Waals surface area contributed by atoms with Crippen LogP contribution in [0.2, 0.25) is 5.02 Å². The fourth-order valence-corrected chi connectivity index (χ4v) is 2.81. The minimum atomic E-state index is -0.638. The Bertz CT molecular complexity index is 509. The van der Waals surface area contributed by atoms with Gasteiger partial charge >= 0.3 is 0 Å². The number of ether oxygens (including phenoxy) is 1. The molecule has 5 heteroatoms. The topological polar surface area (TPSA) is 38.3 Å². The number of nitrogens with one attached hydrogen (secondary N) is 1. The Morgan fingerprint density at radius 1 is 1.43 bits per heavy atom. The van der Waals surface area contributed by atoms with Gasteiger partial charge < -0.3 is 10.1 Å². The molecule has 0 saturated heterocycles. The Hall–Kier alpha value is -1.29. The van der Waals surface area contributed by atoms with E-state index in [0.717, 1.165) is 19.3 Å². The summed E-state index contributed by atoms with van der Waals surface area (Å²) in [6.45, 7) is 3.84. The molecular weight excluding hydrogens is 293 g/mol. The zero-order valence-corrected chi connectivity index (χ0v) is 13.1. The van der Waals surface area contributed by atoms with Crippen LogP contribution < -0.4 is 10.1 Å². The third kappa shape index (κ3) is 4.34. The maximum atomic E-state index is 13.1. The van der Waals surface area contributed by atoms with Gasteiger partial charge in [0.05, 0.1) is 5.02 Å². The Morgan fingerprint density at radius 3 is 2.81 bits per heavy atom. The summed E-state index contributed by atoms with van der Waals surface area (Å²) in [5.74, 6) is 0.238. The number of benzene rings is 1. The second-order valence-corrected chi connectivity index (χ2v) is 6.12. The van der Waals surface area contributed by atoms with Gasteiger partial charge in [-0.25, -0.2) is 4.39 Å². The van der Waals surface area contributed by atoms with Gasteiger partial charge in [0.25, 0.3) is 5.91 Å². The first kappa shape index (κ1) is 16.1. The molecule has 0 aliphatic heterocycles. The zero-order chi connectivity index (χ0) is 15.4. The number of amides is 1.